The molecule has 0 bridgehead atoms. The van der Waals surface area contributed by atoms with E-state index in [1.54, 1.807) is 43.5 Å². The third kappa shape index (κ3) is 4.00. The van der Waals surface area contributed by atoms with Crippen LogP contribution < -0.4 is 14.8 Å². The van der Waals surface area contributed by atoms with Gasteiger partial charge >= 0.3 is 6.18 Å². The van der Waals surface area contributed by atoms with Crippen molar-refractivity contribution < 1.29 is 22.3 Å². The molecular weight excluding hydrogens is 455 g/mol. The van der Waals surface area contributed by atoms with E-state index in [1.807, 2.05) is 0 Å². The second-order valence-corrected chi connectivity index (χ2v) is 8.06. The number of benzene rings is 2. The molecule has 0 amide bonds. The predicted molar refractivity (Wildman–Crippen MR) is 117 cm³/mol. The molecule has 0 radical (unpaired) electrons. The number of methoxy groups -OCH3 is 1. The molecule has 0 atom stereocenters. The Morgan fingerprint density at radius 2 is 1.85 bits per heavy atom. The minimum absolute atomic E-state index is 0.265. The molecule has 3 aromatic heterocycles. The van der Waals surface area contributed by atoms with E-state index in [0.717, 1.165) is 29.0 Å². The molecule has 6 nitrogen and oxygen atoms in total. The lowest BCUT2D eigenvalue weighted by Crippen LogP contribution is -2.23. The van der Waals surface area contributed by atoms with Gasteiger partial charge in [0.2, 0.25) is 4.96 Å². The van der Waals surface area contributed by atoms with E-state index in [4.69, 9.17) is 9.15 Å². The molecule has 33 heavy (non-hydrogen) atoms. The van der Waals surface area contributed by atoms with E-state index in [0.29, 0.717) is 32.4 Å². The van der Waals surface area contributed by atoms with E-state index in [1.165, 1.54) is 22.7 Å². The van der Waals surface area contributed by atoms with Gasteiger partial charge in [-0.15, -0.1) is 5.10 Å². The van der Waals surface area contributed by atoms with E-state index >= 15 is 0 Å². The van der Waals surface area contributed by atoms with Crippen molar-refractivity contribution in [2.24, 2.45) is 0 Å². The molecule has 0 aliphatic rings. The van der Waals surface area contributed by atoms with Crippen molar-refractivity contribution in [3.63, 3.8) is 0 Å². The maximum Gasteiger partial charge on any atom is 0.416 e. The number of furan rings is 1. The molecule has 3 heterocycles. The van der Waals surface area contributed by atoms with Crippen molar-refractivity contribution in [3.05, 3.63) is 86.9 Å². The summed E-state index contributed by atoms with van der Waals surface area (Å²) in [5, 5.41) is 4.29. The van der Waals surface area contributed by atoms with Crippen LogP contribution in [0.4, 0.5) is 13.2 Å². The summed E-state index contributed by atoms with van der Waals surface area (Å²) >= 11 is 1.14. The second kappa shape index (κ2) is 7.89. The summed E-state index contributed by atoms with van der Waals surface area (Å²) in [5.74, 6) is 1.71. The van der Waals surface area contributed by atoms with Gasteiger partial charge in [0.15, 0.2) is 5.82 Å². The SMILES string of the molecule is COc1ccc(-c2nc3s/c(=C\c4ccc(-c5cccc(C(F)(F)F)c5)o4)c(=O)n3n2)cc1. The molecule has 0 unspecified atom stereocenters. The van der Waals surface area contributed by atoms with Crippen LogP contribution in [0.2, 0.25) is 0 Å². The Balaban J connectivity index is 1.47. The number of ether oxygens (including phenoxy) is 1. The molecule has 10 heteroatoms. The molecule has 2 aromatic carbocycles. The van der Waals surface area contributed by atoms with Crippen LogP contribution in [-0.4, -0.2) is 21.7 Å². The van der Waals surface area contributed by atoms with Gasteiger partial charge in [-0.3, -0.25) is 4.79 Å². The van der Waals surface area contributed by atoms with Crippen LogP contribution in [0.1, 0.15) is 11.3 Å². The largest absolute Gasteiger partial charge is 0.497 e. The molecule has 0 aliphatic carbocycles. The molecule has 0 fully saturated rings. The van der Waals surface area contributed by atoms with Crippen molar-refractivity contribution >= 4 is 22.4 Å². The topological polar surface area (TPSA) is 69.6 Å². The molecule has 0 N–H and O–H groups in total. The molecule has 5 rings (SSSR count). The number of hydrogen-bond donors (Lipinski definition) is 0. The monoisotopic (exact) mass is 469 g/mol. The summed E-state index contributed by atoms with van der Waals surface area (Å²) in [7, 11) is 1.57. The molecular formula is C23H14F3N3O3S. The van der Waals surface area contributed by atoms with Gasteiger partial charge in [-0.25, -0.2) is 0 Å². The fourth-order valence-corrected chi connectivity index (χ4v) is 4.15. The van der Waals surface area contributed by atoms with Crippen LogP contribution in [0.25, 0.3) is 33.7 Å². The number of rotatable bonds is 4. The lowest BCUT2D eigenvalue weighted by atomic mass is 10.1. The average molecular weight is 469 g/mol. The second-order valence-electron chi connectivity index (χ2n) is 7.05. The molecule has 5 aromatic rings. The van der Waals surface area contributed by atoms with Crippen molar-refractivity contribution in [2.75, 3.05) is 7.11 Å². The highest BCUT2D eigenvalue weighted by Gasteiger charge is 2.30. The first kappa shape index (κ1) is 21.0. The predicted octanol–water partition coefficient (Wildman–Crippen LogP) is 4.65. The quantitative estimate of drug-likeness (QED) is 0.383. The number of nitrogens with zero attached hydrogens (tertiary/aromatic N) is 3. The van der Waals surface area contributed by atoms with Crippen LogP contribution in [0.15, 0.2) is 69.9 Å². The molecule has 0 saturated heterocycles. The Hall–Kier alpha value is -3.92. The summed E-state index contributed by atoms with van der Waals surface area (Å²) < 4.78 is 51.3. The first-order valence-electron chi connectivity index (χ1n) is 9.65. The zero-order chi connectivity index (χ0) is 23.2. The summed E-state index contributed by atoms with van der Waals surface area (Å²) in [6, 6.07) is 15.2. The van der Waals surface area contributed by atoms with E-state index in [9.17, 15) is 18.0 Å². The maximum atomic E-state index is 13.0. The van der Waals surface area contributed by atoms with Gasteiger partial charge < -0.3 is 9.15 Å². The van der Waals surface area contributed by atoms with E-state index in [2.05, 4.69) is 10.1 Å². The third-order valence-corrected chi connectivity index (χ3v) is 5.86. The zero-order valence-corrected chi connectivity index (χ0v) is 17.8. The number of alkyl halides is 3. The Morgan fingerprint density at radius 1 is 1.06 bits per heavy atom. The van der Waals surface area contributed by atoms with Crippen LogP contribution in [0, 0.1) is 0 Å². The normalized spacial score (nSPS) is 12.5. The Kier molecular flexibility index (Phi) is 5.01. The van der Waals surface area contributed by atoms with Crippen molar-refractivity contribution in [1.82, 2.24) is 14.6 Å². The number of thiazole rings is 1. The zero-order valence-electron chi connectivity index (χ0n) is 17.0. The molecule has 0 aliphatic heterocycles. The van der Waals surface area contributed by atoms with Crippen molar-refractivity contribution in [3.8, 4) is 28.5 Å². The minimum atomic E-state index is -4.45. The summed E-state index contributed by atoms with van der Waals surface area (Å²) in [5.41, 5.74) is -0.0896. The van der Waals surface area contributed by atoms with Gasteiger partial charge in [-0.05, 0) is 48.5 Å². The number of halogens is 3. The van der Waals surface area contributed by atoms with E-state index < -0.39 is 11.7 Å². The van der Waals surface area contributed by atoms with Crippen LogP contribution in [0.3, 0.4) is 0 Å². The molecule has 0 spiro atoms. The van der Waals surface area contributed by atoms with Crippen molar-refractivity contribution in [1.29, 1.82) is 0 Å². The van der Waals surface area contributed by atoms with Crippen molar-refractivity contribution in [2.45, 2.75) is 6.18 Å². The highest BCUT2D eigenvalue weighted by Crippen LogP contribution is 2.32. The standard InChI is InChI=1S/C23H14F3N3O3S/c1-31-16-7-5-13(6-8-16)20-27-22-29(28-20)21(30)19(33-22)12-17-9-10-18(32-17)14-3-2-4-15(11-14)23(24,25)26/h2-12H,1H3/b19-12-. The first-order valence-corrected chi connectivity index (χ1v) is 10.5. The smallest absolute Gasteiger partial charge is 0.416 e. The molecule has 0 saturated carbocycles. The van der Waals surface area contributed by atoms with Crippen LogP contribution in [0.5, 0.6) is 5.75 Å². The Bertz CT molecular complexity index is 1570. The van der Waals surface area contributed by atoms with Gasteiger partial charge in [0.25, 0.3) is 5.56 Å². The minimum Gasteiger partial charge on any atom is -0.497 e. The fraction of sp³-hybridized carbons (Fsp3) is 0.0870. The molecule has 166 valence electrons. The van der Waals surface area contributed by atoms with Gasteiger partial charge in [-0.2, -0.15) is 22.7 Å². The average Bonchev–Trinajstić information content (AvgIpc) is 3.51. The maximum absolute atomic E-state index is 13.0. The van der Waals surface area contributed by atoms with E-state index in [-0.39, 0.29) is 11.3 Å². The highest BCUT2D eigenvalue weighted by molar-refractivity contribution is 7.15. The van der Waals surface area contributed by atoms with Gasteiger partial charge in [0, 0.05) is 17.2 Å². The summed E-state index contributed by atoms with van der Waals surface area (Å²) in [6.07, 6.45) is -2.92. The fourth-order valence-electron chi connectivity index (χ4n) is 3.26. The van der Waals surface area contributed by atoms with Crippen LogP contribution in [-0.2, 0) is 6.18 Å². The van der Waals surface area contributed by atoms with Gasteiger partial charge in [0.05, 0.1) is 12.7 Å². The van der Waals surface area contributed by atoms with Gasteiger partial charge in [0.1, 0.15) is 21.8 Å². The lowest BCUT2D eigenvalue weighted by molar-refractivity contribution is -0.137. The third-order valence-electron chi connectivity index (χ3n) is 4.90. The first-order chi connectivity index (χ1) is 15.8. The number of fused-ring (bicyclic) bond motifs is 1. The summed E-state index contributed by atoms with van der Waals surface area (Å²) in [6.45, 7) is 0. The van der Waals surface area contributed by atoms with Gasteiger partial charge in [-0.1, -0.05) is 23.5 Å². The highest BCUT2D eigenvalue weighted by atomic mass is 32.1. The lowest BCUT2D eigenvalue weighted by Gasteiger charge is -2.07. The number of aromatic nitrogens is 3. The summed E-state index contributed by atoms with van der Waals surface area (Å²) in [4.78, 5) is 17.6. The van der Waals surface area contributed by atoms with Crippen LogP contribution >= 0.6 is 11.3 Å². The Morgan fingerprint density at radius 3 is 2.55 bits per heavy atom. The number of hydrogen-bond acceptors (Lipinski definition) is 6. The Labute approximate surface area is 188 Å².